The van der Waals surface area contributed by atoms with Crippen molar-refractivity contribution in [3.05, 3.63) is 29.8 Å². The zero-order valence-electron chi connectivity index (χ0n) is 11.0. The van der Waals surface area contributed by atoms with E-state index in [4.69, 9.17) is 9.84 Å². The number of nitrogens with one attached hydrogen (secondary N) is 1. The first-order valence-electron chi connectivity index (χ1n) is 6.35. The third-order valence-corrected chi connectivity index (χ3v) is 2.58. The fourth-order valence-electron chi connectivity index (χ4n) is 1.75. The van der Waals surface area contributed by atoms with Crippen LogP contribution in [-0.2, 0) is 4.79 Å². The largest absolute Gasteiger partial charge is 0.494 e. The van der Waals surface area contributed by atoms with E-state index in [1.807, 2.05) is 31.2 Å². The standard InChI is InChI=1S/C14H21NO3/c1-3-9-18-12-7-5-11(6-8-12)13(15-4-2)10-14(16)17/h5-8,13,15H,3-4,9-10H2,1-2H3,(H,16,17). The molecular weight excluding hydrogens is 230 g/mol. The van der Waals surface area contributed by atoms with Crippen LogP contribution >= 0.6 is 0 Å². The van der Waals surface area contributed by atoms with Gasteiger partial charge in [-0.3, -0.25) is 4.79 Å². The van der Waals surface area contributed by atoms with Crippen LogP contribution in [0.1, 0.15) is 38.3 Å². The molecule has 4 heteroatoms. The second kappa shape index (κ2) is 7.71. The van der Waals surface area contributed by atoms with E-state index in [-0.39, 0.29) is 12.5 Å². The van der Waals surface area contributed by atoms with Crippen molar-refractivity contribution in [1.29, 1.82) is 0 Å². The van der Waals surface area contributed by atoms with Gasteiger partial charge in [0.15, 0.2) is 0 Å². The molecule has 0 spiro atoms. The van der Waals surface area contributed by atoms with E-state index < -0.39 is 5.97 Å². The predicted molar refractivity (Wildman–Crippen MR) is 70.9 cm³/mol. The summed E-state index contributed by atoms with van der Waals surface area (Å²) >= 11 is 0. The van der Waals surface area contributed by atoms with Gasteiger partial charge in [0.25, 0.3) is 0 Å². The van der Waals surface area contributed by atoms with Gasteiger partial charge in [0.1, 0.15) is 5.75 Å². The van der Waals surface area contributed by atoms with E-state index in [0.717, 1.165) is 24.3 Å². The van der Waals surface area contributed by atoms with Gasteiger partial charge in [-0.1, -0.05) is 26.0 Å². The lowest BCUT2D eigenvalue weighted by Gasteiger charge is -2.16. The number of aliphatic carboxylic acids is 1. The molecule has 0 amide bonds. The summed E-state index contributed by atoms with van der Waals surface area (Å²) < 4.78 is 5.49. The van der Waals surface area contributed by atoms with E-state index in [0.29, 0.717) is 6.61 Å². The van der Waals surface area contributed by atoms with Crippen molar-refractivity contribution >= 4 is 5.97 Å². The topological polar surface area (TPSA) is 58.6 Å². The van der Waals surface area contributed by atoms with E-state index >= 15 is 0 Å². The molecule has 18 heavy (non-hydrogen) atoms. The summed E-state index contributed by atoms with van der Waals surface area (Å²) in [6.07, 6.45) is 1.06. The van der Waals surface area contributed by atoms with Gasteiger partial charge in [-0.05, 0) is 30.7 Å². The Kier molecular flexibility index (Phi) is 6.22. The minimum atomic E-state index is -0.799. The molecule has 2 N–H and O–H groups in total. The number of ether oxygens (including phenoxy) is 1. The zero-order valence-corrected chi connectivity index (χ0v) is 11.0. The quantitative estimate of drug-likeness (QED) is 0.745. The van der Waals surface area contributed by atoms with Crippen molar-refractivity contribution in [2.75, 3.05) is 13.2 Å². The lowest BCUT2D eigenvalue weighted by atomic mass is 10.0. The highest BCUT2D eigenvalue weighted by atomic mass is 16.5. The van der Waals surface area contributed by atoms with Crippen LogP contribution in [0, 0.1) is 0 Å². The van der Waals surface area contributed by atoms with Gasteiger partial charge in [0.05, 0.1) is 13.0 Å². The molecule has 0 aliphatic heterocycles. The second-order valence-corrected chi connectivity index (χ2v) is 4.13. The highest BCUT2D eigenvalue weighted by Gasteiger charge is 2.14. The summed E-state index contributed by atoms with van der Waals surface area (Å²) in [5.41, 5.74) is 0.975. The molecule has 1 rings (SSSR count). The third kappa shape index (κ3) is 4.75. The molecule has 100 valence electrons. The Labute approximate surface area is 108 Å². The molecule has 1 aromatic rings. The summed E-state index contributed by atoms with van der Waals surface area (Å²) in [5.74, 6) is 0.0263. The van der Waals surface area contributed by atoms with Gasteiger partial charge in [0, 0.05) is 6.04 Å². The van der Waals surface area contributed by atoms with Crippen LogP contribution in [0.4, 0.5) is 0 Å². The van der Waals surface area contributed by atoms with E-state index in [1.165, 1.54) is 0 Å². The molecule has 0 aromatic heterocycles. The van der Waals surface area contributed by atoms with Crippen molar-refractivity contribution in [1.82, 2.24) is 5.32 Å². The van der Waals surface area contributed by atoms with Gasteiger partial charge < -0.3 is 15.2 Å². The predicted octanol–water partition coefficient (Wildman–Crippen LogP) is 2.60. The maximum atomic E-state index is 10.8. The fourth-order valence-corrected chi connectivity index (χ4v) is 1.75. The Bertz CT molecular complexity index is 362. The average Bonchev–Trinajstić information content (AvgIpc) is 2.36. The van der Waals surface area contributed by atoms with E-state index in [9.17, 15) is 4.79 Å². The average molecular weight is 251 g/mol. The van der Waals surface area contributed by atoms with Crippen LogP contribution in [0.25, 0.3) is 0 Å². The summed E-state index contributed by atoms with van der Waals surface area (Å²) in [6.45, 7) is 5.47. The van der Waals surface area contributed by atoms with Crippen molar-refractivity contribution in [2.24, 2.45) is 0 Å². The molecule has 0 bridgehead atoms. The minimum absolute atomic E-state index is 0.0863. The molecule has 0 heterocycles. The van der Waals surface area contributed by atoms with Gasteiger partial charge in [-0.25, -0.2) is 0 Å². The Balaban J connectivity index is 2.70. The molecule has 4 nitrogen and oxygen atoms in total. The van der Waals surface area contributed by atoms with Crippen molar-refractivity contribution in [2.45, 2.75) is 32.7 Å². The molecular formula is C14H21NO3. The first kappa shape index (κ1) is 14.5. The summed E-state index contributed by atoms with van der Waals surface area (Å²) in [5, 5.41) is 12.0. The van der Waals surface area contributed by atoms with Crippen LogP contribution in [-0.4, -0.2) is 24.2 Å². The normalized spacial score (nSPS) is 12.1. The summed E-state index contributed by atoms with van der Waals surface area (Å²) in [4.78, 5) is 10.8. The van der Waals surface area contributed by atoms with Crippen molar-refractivity contribution in [3.8, 4) is 5.75 Å². The molecule has 1 unspecified atom stereocenters. The lowest BCUT2D eigenvalue weighted by Crippen LogP contribution is -2.23. The molecule has 1 aromatic carbocycles. The summed E-state index contributed by atoms with van der Waals surface area (Å²) in [6, 6.07) is 7.46. The lowest BCUT2D eigenvalue weighted by molar-refractivity contribution is -0.137. The maximum Gasteiger partial charge on any atom is 0.305 e. The van der Waals surface area contributed by atoms with Crippen LogP contribution in [0.3, 0.4) is 0 Å². The van der Waals surface area contributed by atoms with Gasteiger partial charge in [-0.2, -0.15) is 0 Å². The molecule has 0 radical (unpaired) electrons. The number of carbonyl (C=O) groups is 1. The van der Waals surface area contributed by atoms with E-state index in [1.54, 1.807) is 0 Å². The number of carboxylic acid groups (broad SMARTS) is 1. The molecule has 0 saturated carbocycles. The molecule has 0 fully saturated rings. The highest BCUT2D eigenvalue weighted by Crippen LogP contribution is 2.20. The SMILES string of the molecule is CCCOc1ccc(C(CC(=O)O)NCC)cc1. The first-order valence-corrected chi connectivity index (χ1v) is 6.35. The van der Waals surface area contributed by atoms with Gasteiger partial charge >= 0.3 is 5.97 Å². The summed E-state index contributed by atoms with van der Waals surface area (Å²) in [7, 11) is 0. The van der Waals surface area contributed by atoms with Crippen molar-refractivity contribution in [3.63, 3.8) is 0 Å². The molecule has 0 saturated heterocycles. The fraction of sp³-hybridized carbons (Fsp3) is 0.500. The van der Waals surface area contributed by atoms with Gasteiger partial charge in [0.2, 0.25) is 0 Å². The Hall–Kier alpha value is -1.55. The monoisotopic (exact) mass is 251 g/mol. The minimum Gasteiger partial charge on any atom is -0.494 e. The van der Waals surface area contributed by atoms with E-state index in [2.05, 4.69) is 12.2 Å². The Morgan fingerprint density at radius 2 is 2.00 bits per heavy atom. The third-order valence-electron chi connectivity index (χ3n) is 2.58. The Morgan fingerprint density at radius 3 is 2.50 bits per heavy atom. The van der Waals surface area contributed by atoms with Crippen LogP contribution in [0.2, 0.25) is 0 Å². The van der Waals surface area contributed by atoms with Crippen molar-refractivity contribution < 1.29 is 14.6 Å². The molecule has 0 aliphatic carbocycles. The van der Waals surface area contributed by atoms with Gasteiger partial charge in [-0.15, -0.1) is 0 Å². The maximum absolute atomic E-state index is 10.8. The Morgan fingerprint density at radius 1 is 1.33 bits per heavy atom. The zero-order chi connectivity index (χ0) is 13.4. The van der Waals surface area contributed by atoms with Crippen LogP contribution in [0.5, 0.6) is 5.75 Å². The smallest absolute Gasteiger partial charge is 0.305 e. The second-order valence-electron chi connectivity index (χ2n) is 4.13. The first-order chi connectivity index (χ1) is 8.67. The molecule has 1 atom stereocenters. The number of carboxylic acids is 1. The number of benzene rings is 1. The number of hydrogen-bond acceptors (Lipinski definition) is 3. The molecule has 0 aliphatic rings. The number of hydrogen-bond donors (Lipinski definition) is 2. The van der Waals surface area contributed by atoms with Crippen LogP contribution < -0.4 is 10.1 Å². The number of rotatable bonds is 8. The highest BCUT2D eigenvalue weighted by molar-refractivity contribution is 5.68. The van der Waals surface area contributed by atoms with Crippen LogP contribution in [0.15, 0.2) is 24.3 Å².